The second-order valence-corrected chi connectivity index (χ2v) is 4.25. The Balaban J connectivity index is 1.72. The summed E-state index contributed by atoms with van der Waals surface area (Å²) in [5, 5.41) is 7.57. The van der Waals surface area contributed by atoms with E-state index in [1.807, 2.05) is 12.1 Å². The van der Waals surface area contributed by atoms with Gasteiger partial charge in [-0.15, -0.1) is 10.2 Å². The van der Waals surface area contributed by atoms with Crippen molar-refractivity contribution in [1.82, 2.24) is 10.2 Å². The number of fused-ring (bicyclic) bond motifs is 1. The first kappa shape index (κ1) is 11.0. The van der Waals surface area contributed by atoms with Crippen molar-refractivity contribution in [3.63, 3.8) is 0 Å². The molecule has 1 heterocycles. The van der Waals surface area contributed by atoms with E-state index in [1.165, 1.54) is 0 Å². The van der Waals surface area contributed by atoms with Gasteiger partial charge in [0.15, 0.2) is 12.4 Å². The molecule has 0 N–H and O–H groups in total. The van der Waals surface area contributed by atoms with Crippen molar-refractivity contribution in [3.05, 3.63) is 41.1 Å². The molecule has 0 aliphatic heterocycles. The predicted molar refractivity (Wildman–Crippen MR) is 62.5 cm³/mol. The number of carbonyl (C=O) groups excluding carboxylic acids is 1. The molecule has 0 spiro atoms. The zero-order valence-electron chi connectivity index (χ0n) is 9.97. The molecule has 0 saturated heterocycles. The second kappa shape index (κ2) is 4.25. The van der Waals surface area contributed by atoms with E-state index in [4.69, 9.17) is 9.15 Å². The molecular formula is C13H12N2O3. The fourth-order valence-electron chi connectivity index (χ4n) is 2.06. The highest BCUT2D eigenvalue weighted by Gasteiger charge is 2.19. The number of hydrogen-bond donors (Lipinski definition) is 0. The van der Waals surface area contributed by atoms with Gasteiger partial charge in [-0.05, 0) is 30.2 Å². The number of Topliss-reactive ketones (excluding diaryl/α,β-unsaturated/α-hetero) is 1. The molecule has 0 radical (unpaired) electrons. The van der Waals surface area contributed by atoms with Crippen molar-refractivity contribution >= 4 is 5.78 Å². The summed E-state index contributed by atoms with van der Waals surface area (Å²) in [5.74, 6) is 1.90. The maximum Gasteiger partial charge on any atom is 0.253 e. The predicted octanol–water partition coefficient (Wildman–Crippen LogP) is 2.09. The molecule has 0 amide bonds. The number of carbonyl (C=O) groups is 1. The van der Waals surface area contributed by atoms with E-state index in [1.54, 1.807) is 13.0 Å². The van der Waals surface area contributed by atoms with Gasteiger partial charge in [0.2, 0.25) is 5.89 Å². The summed E-state index contributed by atoms with van der Waals surface area (Å²) >= 11 is 0. The second-order valence-electron chi connectivity index (χ2n) is 4.25. The molecule has 5 heteroatoms. The Morgan fingerprint density at radius 2 is 2.22 bits per heavy atom. The summed E-state index contributed by atoms with van der Waals surface area (Å²) in [4.78, 5) is 11.5. The van der Waals surface area contributed by atoms with Crippen LogP contribution in [0.25, 0.3) is 0 Å². The molecule has 3 rings (SSSR count). The van der Waals surface area contributed by atoms with Crippen LogP contribution in [0.2, 0.25) is 0 Å². The minimum Gasteiger partial charge on any atom is -0.484 e. The zero-order valence-corrected chi connectivity index (χ0v) is 9.97. The van der Waals surface area contributed by atoms with Crippen LogP contribution in [0, 0.1) is 6.92 Å². The highest BCUT2D eigenvalue weighted by Crippen LogP contribution is 2.26. The summed E-state index contributed by atoms with van der Waals surface area (Å²) in [6, 6.07) is 5.52. The molecule has 0 unspecified atom stereocenters. The van der Waals surface area contributed by atoms with Crippen LogP contribution in [0.4, 0.5) is 0 Å². The lowest BCUT2D eigenvalue weighted by Gasteiger charge is -2.05. The number of aryl methyl sites for hydroxylation is 2. The summed E-state index contributed by atoms with van der Waals surface area (Å²) in [6.07, 6.45) is 1.40. The Morgan fingerprint density at radius 1 is 1.33 bits per heavy atom. The largest absolute Gasteiger partial charge is 0.484 e. The first-order chi connectivity index (χ1) is 8.72. The standard InChI is InChI=1S/C13H12N2O3/c1-8-14-15-13(18-8)7-17-10-3-4-11-9(6-10)2-5-12(11)16/h3-4,6H,2,5,7H2,1H3. The van der Waals surface area contributed by atoms with Gasteiger partial charge in [-0.3, -0.25) is 4.79 Å². The van der Waals surface area contributed by atoms with E-state index >= 15 is 0 Å². The van der Waals surface area contributed by atoms with Crippen LogP contribution in [0.1, 0.15) is 34.1 Å². The van der Waals surface area contributed by atoms with Crippen LogP contribution in [0.3, 0.4) is 0 Å². The first-order valence-corrected chi connectivity index (χ1v) is 5.80. The van der Waals surface area contributed by atoms with E-state index in [9.17, 15) is 4.79 Å². The van der Waals surface area contributed by atoms with Crippen LogP contribution in [-0.2, 0) is 13.0 Å². The Labute approximate surface area is 104 Å². The molecule has 1 aliphatic carbocycles. The van der Waals surface area contributed by atoms with Crippen molar-refractivity contribution in [3.8, 4) is 5.75 Å². The smallest absolute Gasteiger partial charge is 0.253 e. The Kier molecular flexibility index (Phi) is 2.59. The zero-order chi connectivity index (χ0) is 12.5. The maximum atomic E-state index is 11.5. The maximum absolute atomic E-state index is 11.5. The summed E-state index contributed by atoms with van der Waals surface area (Å²) in [6.45, 7) is 1.98. The van der Waals surface area contributed by atoms with Crippen molar-refractivity contribution in [2.24, 2.45) is 0 Å². The molecular weight excluding hydrogens is 232 g/mol. The minimum absolute atomic E-state index is 0.212. The molecule has 1 aliphatic rings. The van der Waals surface area contributed by atoms with Gasteiger partial charge in [0.05, 0.1) is 0 Å². The summed E-state index contributed by atoms with van der Waals surface area (Å²) in [5.41, 5.74) is 1.87. The summed E-state index contributed by atoms with van der Waals surface area (Å²) in [7, 11) is 0. The van der Waals surface area contributed by atoms with Crippen molar-refractivity contribution in [2.75, 3.05) is 0 Å². The van der Waals surface area contributed by atoms with Gasteiger partial charge in [-0.2, -0.15) is 0 Å². The molecule has 2 aromatic rings. The molecule has 1 aromatic heterocycles. The third-order valence-electron chi connectivity index (χ3n) is 2.93. The van der Waals surface area contributed by atoms with Gasteiger partial charge in [0, 0.05) is 18.9 Å². The highest BCUT2D eigenvalue weighted by molar-refractivity contribution is 6.00. The number of nitrogens with zero attached hydrogens (tertiary/aromatic N) is 2. The van der Waals surface area contributed by atoms with E-state index < -0.39 is 0 Å². The highest BCUT2D eigenvalue weighted by atomic mass is 16.5. The molecule has 18 heavy (non-hydrogen) atoms. The quantitative estimate of drug-likeness (QED) is 0.827. The molecule has 1 aromatic carbocycles. The minimum atomic E-state index is 0.212. The van der Waals surface area contributed by atoms with Crippen molar-refractivity contribution < 1.29 is 13.9 Å². The number of aromatic nitrogens is 2. The number of ether oxygens (including phenoxy) is 1. The molecule has 5 nitrogen and oxygen atoms in total. The van der Waals surface area contributed by atoms with E-state index in [-0.39, 0.29) is 12.4 Å². The average molecular weight is 244 g/mol. The van der Waals surface area contributed by atoms with E-state index in [0.29, 0.717) is 18.2 Å². The number of rotatable bonds is 3. The monoisotopic (exact) mass is 244 g/mol. The van der Waals surface area contributed by atoms with Gasteiger partial charge >= 0.3 is 0 Å². The third-order valence-corrected chi connectivity index (χ3v) is 2.93. The Bertz CT molecular complexity index is 604. The number of hydrogen-bond acceptors (Lipinski definition) is 5. The van der Waals surface area contributed by atoms with Gasteiger partial charge < -0.3 is 9.15 Å². The lowest BCUT2D eigenvalue weighted by molar-refractivity contribution is 0.0994. The normalized spacial score (nSPS) is 13.7. The average Bonchev–Trinajstić information content (AvgIpc) is 2.94. The van der Waals surface area contributed by atoms with Crippen LogP contribution in [-0.4, -0.2) is 16.0 Å². The van der Waals surface area contributed by atoms with E-state index in [2.05, 4.69) is 10.2 Å². The fraction of sp³-hybridized carbons (Fsp3) is 0.308. The lowest BCUT2D eigenvalue weighted by Crippen LogP contribution is -1.97. The third kappa shape index (κ3) is 1.99. The molecule has 0 atom stereocenters. The number of ketones is 1. The van der Waals surface area contributed by atoms with Crippen molar-refractivity contribution in [1.29, 1.82) is 0 Å². The SMILES string of the molecule is Cc1nnc(COc2ccc3c(c2)CCC3=O)o1. The molecule has 92 valence electrons. The number of benzene rings is 1. The van der Waals surface area contributed by atoms with Gasteiger partial charge in [0.25, 0.3) is 5.89 Å². The fourth-order valence-corrected chi connectivity index (χ4v) is 2.06. The van der Waals surface area contributed by atoms with Gasteiger partial charge in [0.1, 0.15) is 5.75 Å². The Hall–Kier alpha value is -2.17. The summed E-state index contributed by atoms with van der Waals surface area (Å²) < 4.78 is 10.8. The molecule has 0 fully saturated rings. The molecule has 0 bridgehead atoms. The van der Waals surface area contributed by atoms with Crippen LogP contribution >= 0.6 is 0 Å². The van der Waals surface area contributed by atoms with E-state index in [0.717, 1.165) is 23.3 Å². The van der Waals surface area contributed by atoms with Gasteiger partial charge in [-0.25, -0.2) is 0 Å². The topological polar surface area (TPSA) is 65.2 Å². The van der Waals surface area contributed by atoms with Crippen LogP contribution in [0.15, 0.2) is 22.6 Å². The molecule has 0 saturated carbocycles. The Morgan fingerprint density at radius 3 is 3.00 bits per heavy atom. The van der Waals surface area contributed by atoms with Crippen LogP contribution in [0.5, 0.6) is 5.75 Å². The first-order valence-electron chi connectivity index (χ1n) is 5.80. The van der Waals surface area contributed by atoms with Crippen LogP contribution < -0.4 is 4.74 Å². The van der Waals surface area contributed by atoms with Gasteiger partial charge in [-0.1, -0.05) is 0 Å². The van der Waals surface area contributed by atoms with Crippen molar-refractivity contribution in [2.45, 2.75) is 26.4 Å². The lowest BCUT2D eigenvalue weighted by atomic mass is 10.1.